The van der Waals surface area contributed by atoms with Crippen LogP contribution in [0.3, 0.4) is 0 Å². The maximum absolute atomic E-state index is 12.4. The quantitative estimate of drug-likeness (QED) is 0.410. The molecule has 1 atom stereocenters. The molecule has 1 aliphatic carbocycles. The number of benzene rings is 1. The first-order valence-electron chi connectivity index (χ1n) is 7.48. The number of carbonyl (C=O) groups is 2. The molecule has 1 aromatic carbocycles. The molecule has 2 amide bonds. The summed E-state index contributed by atoms with van der Waals surface area (Å²) in [6, 6.07) is 3.75. The molecule has 0 spiro atoms. The minimum Gasteiger partial charge on any atom is -0.466 e. The number of non-ortho nitro benzene ring substituents is 1. The number of aliphatic hydroxyl groups excluding tert-OH is 1. The number of rotatable bonds is 5. The highest BCUT2D eigenvalue weighted by Gasteiger charge is 2.49. The summed E-state index contributed by atoms with van der Waals surface area (Å²) in [7, 11) is 0. The van der Waals surface area contributed by atoms with Crippen molar-refractivity contribution in [1.29, 1.82) is 0 Å². The average Bonchev–Trinajstić information content (AvgIpc) is 3.33. The van der Waals surface area contributed by atoms with Crippen molar-refractivity contribution >= 4 is 23.2 Å². The van der Waals surface area contributed by atoms with Crippen molar-refractivity contribution in [2.24, 2.45) is 5.41 Å². The Balaban J connectivity index is 1.77. The van der Waals surface area contributed by atoms with Gasteiger partial charge in [-0.2, -0.15) is 0 Å². The van der Waals surface area contributed by atoms with E-state index >= 15 is 0 Å². The van der Waals surface area contributed by atoms with Gasteiger partial charge in [0.1, 0.15) is 5.75 Å². The first-order chi connectivity index (χ1) is 11.3. The van der Waals surface area contributed by atoms with E-state index in [0.29, 0.717) is 0 Å². The van der Waals surface area contributed by atoms with Crippen molar-refractivity contribution in [3.8, 4) is 5.75 Å². The molecule has 1 aromatic rings. The second kappa shape index (κ2) is 5.45. The van der Waals surface area contributed by atoms with Crippen molar-refractivity contribution in [2.75, 3.05) is 18.5 Å². The van der Waals surface area contributed by atoms with Crippen LogP contribution in [0.15, 0.2) is 18.2 Å². The monoisotopic (exact) mass is 335 g/mol. The van der Waals surface area contributed by atoms with Gasteiger partial charge in [0, 0.05) is 24.1 Å². The molecule has 24 heavy (non-hydrogen) atoms. The molecule has 3 rings (SSSR count). The first-order valence-corrected chi connectivity index (χ1v) is 7.48. The highest BCUT2D eigenvalue weighted by molar-refractivity contribution is 6.15. The Hall–Kier alpha value is -2.68. The highest BCUT2D eigenvalue weighted by atomic mass is 16.6. The summed E-state index contributed by atoms with van der Waals surface area (Å²) in [6.45, 7) is 1.58. The molecular formula is C15H17N3O6. The van der Waals surface area contributed by atoms with Crippen molar-refractivity contribution in [3.63, 3.8) is 0 Å². The van der Waals surface area contributed by atoms with E-state index in [1.54, 1.807) is 0 Å². The Morgan fingerprint density at radius 2 is 2.21 bits per heavy atom. The van der Waals surface area contributed by atoms with Crippen molar-refractivity contribution in [1.82, 2.24) is 5.32 Å². The van der Waals surface area contributed by atoms with Crippen molar-refractivity contribution in [3.05, 3.63) is 28.3 Å². The summed E-state index contributed by atoms with van der Waals surface area (Å²) < 4.78 is 5.54. The Morgan fingerprint density at radius 1 is 1.50 bits per heavy atom. The van der Waals surface area contributed by atoms with Gasteiger partial charge in [0.25, 0.3) is 23.1 Å². The van der Waals surface area contributed by atoms with Crippen LogP contribution in [-0.4, -0.2) is 40.6 Å². The summed E-state index contributed by atoms with van der Waals surface area (Å²) in [5.74, 6) is -1.15. The molecule has 0 bridgehead atoms. The lowest BCUT2D eigenvalue weighted by atomic mass is 10.0. The van der Waals surface area contributed by atoms with Crippen LogP contribution in [0.2, 0.25) is 0 Å². The van der Waals surface area contributed by atoms with Crippen LogP contribution in [0.4, 0.5) is 11.4 Å². The topological polar surface area (TPSA) is 131 Å². The summed E-state index contributed by atoms with van der Waals surface area (Å²) >= 11 is 0. The fourth-order valence-corrected chi connectivity index (χ4v) is 2.48. The molecule has 1 unspecified atom stereocenters. The number of ether oxygens (including phenoxy) is 1. The molecule has 0 saturated heterocycles. The normalized spacial score (nSPS) is 23.5. The van der Waals surface area contributed by atoms with Crippen LogP contribution < -0.4 is 15.4 Å². The molecule has 9 heteroatoms. The van der Waals surface area contributed by atoms with E-state index in [1.165, 1.54) is 25.1 Å². The third-order valence-corrected chi connectivity index (χ3v) is 4.52. The number of aliphatic hydroxyl groups is 1. The number of nitro benzene ring substituents is 1. The van der Waals surface area contributed by atoms with E-state index in [9.17, 15) is 24.8 Å². The lowest BCUT2D eigenvalue weighted by molar-refractivity contribution is -0.384. The molecule has 9 nitrogen and oxygen atoms in total. The van der Waals surface area contributed by atoms with Gasteiger partial charge in [-0.3, -0.25) is 19.7 Å². The van der Waals surface area contributed by atoms with Crippen LogP contribution in [0, 0.1) is 15.5 Å². The van der Waals surface area contributed by atoms with Gasteiger partial charge in [-0.25, -0.2) is 0 Å². The number of fused-ring (bicyclic) bond motifs is 1. The fraction of sp³-hybridized carbons (Fsp3) is 0.467. The van der Waals surface area contributed by atoms with E-state index in [1.807, 2.05) is 0 Å². The minimum atomic E-state index is -1.78. The van der Waals surface area contributed by atoms with E-state index in [4.69, 9.17) is 4.74 Å². The number of nitrogens with zero attached hydrogens (tertiary/aromatic N) is 1. The zero-order chi connectivity index (χ0) is 17.5. The third kappa shape index (κ3) is 2.67. The molecular weight excluding hydrogens is 318 g/mol. The second-order valence-electron chi connectivity index (χ2n) is 6.37. The number of hydrogen-bond acceptors (Lipinski definition) is 6. The third-order valence-electron chi connectivity index (χ3n) is 4.52. The Labute approximate surface area is 137 Å². The zero-order valence-electron chi connectivity index (χ0n) is 13.0. The first kappa shape index (κ1) is 16.2. The van der Waals surface area contributed by atoms with Gasteiger partial charge in [0.15, 0.2) is 0 Å². The standard InChI is InChI=1S/C15H17N3O6/c1-14(12(20)16-7-15(8-19)4-5-15)13(21)17-10-6-9(18(22)23)2-3-11(10)24-14/h2-3,6,19H,4-5,7-8H2,1H3,(H,16,20)(H,17,21). The van der Waals surface area contributed by atoms with Gasteiger partial charge in [0.05, 0.1) is 17.2 Å². The molecule has 1 heterocycles. The summed E-state index contributed by atoms with van der Waals surface area (Å²) in [5.41, 5.74) is -2.12. The maximum Gasteiger partial charge on any atom is 0.278 e. The zero-order valence-corrected chi connectivity index (χ0v) is 13.0. The lowest BCUT2D eigenvalue weighted by Gasteiger charge is -2.33. The van der Waals surface area contributed by atoms with Crippen LogP contribution in [0.1, 0.15) is 19.8 Å². The highest BCUT2D eigenvalue weighted by Crippen LogP contribution is 2.44. The van der Waals surface area contributed by atoms with Gasteiger partial charge in [-0.1, -0.05) is 0 Å². The molecule has 128 valence electrons. The van der Waals surface area contributed by atoms with E-state index < -0.39 is 22.3 Å². The molecule has 1 fully saturated rings. The van der Waals surface area contributed by atoms with Gasteiger partial charge >= 0.3 is 0 Å². The lowest BCUT2D eigenvalue weighted by Crippen LogP contribution is -2.59. The van der Waals surface area contributed by atoms with E-state index in [-0.39, 0.29) is 35.7 Å². The number of hydrogen-bond donors (Lipinski definition) is 3. The molecule has 2 aliphatic rings. The fourth-order valence-electron chi connectivity index (χ4n) is 2.48. The smallest absolute Gasteiger partial charge is 0.278 e. The summed E-state index contributed by atoms with van der Waals surface area (Å²) in [6.07, 6.45) is 1.64. The molecule has 1 aliphatic heterocycles. The maximum atomic E-state index is 12.4. The molecule has 3 N–H and O–H groups in total. The van der Waals surface area contributed by atoms with Gasteiger partial charge < -0.3 is 20.5 Å². The SMILES string of the molecule is CC1(C(=O)NCC2(CO)CC2)Oc2ccc([N+](=O)[O-])cc2NC1=O. The van der Waals surface area contributed by atoms with Crippen LogP contribution in [0.5, 0.6) is 5.75 Å². The van der Waals surface area contributed by atoms with Crippen LogP contribution in [-0.2, 0) is 9.59 Å². The average molecular weight is 335 g/mol. The van der Waals surface area contributed by atoms with Gasteiger partial charge in [-0.05, 0) is 25.8 Å². The molecule has 0 aromatic heterocycles. The van der Waals surface area contributed by atoms with Gasteiger partial charge in [-0.15, -0.1) is 0 Å². The number of carbonyl (C=O) groups excluding carboxylic acids is 2. The Kier molecular flexibility index (Phi) is 3.67. The Morgan fingerprint density at radius 3 is 2.79 bits per heavy atom. The van der Waals surface area contributed by atoms with Crippen LogP contribution >= 0.6 is 0 Å². The summed E-state index contributed by atoms with van der Waals surface area (Å²) in [4.78, 5) is 34.9. The number of nitrogens with one attached hydrogen (secondary N) is 2. The van der Waals surface area contributed by atoms with E-state index in [2.05, 4.69) is 10.6 Å². The minimum absolute atomic E-state index is 0.0243. The predicted molar refractivity (Wildman–Crippen MR) is 82.5 cm³/mol. The molecule has 0 radical (unpaired) electrons. The number of amides is 2. The van der Waals surface area contributed by atoms with Crippen molar-refractivity contribution < 1.29 is 24.4 Å². The largest absolute Gasteiger partial charge is 0.466 e. The summed E-state index contributed by atoms with van der Waals surface area (Å²) in [5, 5.41) is 25.2. The van der Waals surface area contributed by atoms with Crippen molar-refractivity contribution in [2.45, 2.75) is 25.4 Å². The second-order valence-corrected chi connectivity index (χ2v) is 6.37. The van der Waals surface area contributed by atoms with Gasteiger partial charge in [0.2, 0.25) is 0 Å². The molecule has 1 saturated carbocycles. The van der Waals surface area contributed by atoms with Crippen LogP contribution in [0.25, 0.3) is 0 Å². The van der Waals surface area contributed by atoms with E-state index in [0.717, 1.165) is 12.8 Å². The Bertz CT molecular complexity index is 730. The number of nitro groups is 1. The predicted octanol–water partition coefficient (Wildman–Crippen LogP) is 0.573. The number of anilines is 1.